The molecule has 0 unspecified atom stereocenters. The Morgan fingerprint density at radius 3 is 2.67 bits per heavy atom. The van der Waals surface area contributed by atoms with E-state index in [-0.39, 0.29) is 6.61 Å². The van der Waals surface area contributed by atoms with Crippen molar-refractivity contribution in [2.45, 2.75) is 39.7 Å². The third-order valence-corrected chi connectivity index (χ3v) is 2.54. The summed E-state index contributed by atoms with van der Waals surface area (Å²) in [6.45, 7) is 7.90. The van der Waals surface area contributed by atoms with Gasteiger partial charge in [0.15, 0.2) is 0 Å². The van der Waals surface area contributed by atoms with Crippen LogP contribution in [0.15, 0.2) is 35.1 Å². The Kier molecular flexibility index (Phi) is 3.75. The van der Waals surface area contributed by atoms with Crippen LogP contribution < -0.4 is 0 Å². The topological polar surface area (TPSA) is 29.5 Å². The monoisotopic (exact) mass is 208 g/mol. The second-order valence-electron chi connectivity index (χ2n) is 4.53. The van der Waals surface area contributed by atoms with Crippen molar-refractivity contribution in [1.82, 2.24) is 0 Å². The van der Waals surface area contributed by atoms with Gasteiger partial charge in [-0.1, -0.05) is 12.2 Å². The van der Waals surface area contributed by atoms with Crippen LogP contribution in [0.3, 0.4) is 0 Å². The minimum absolute atomic E-state index is 0.0180. The molecule has 0 fully saturated rings. The molecule has 1 N–H and O–H groups in total. The summed E-state index contributed by atoms with van der Waals surface area (Å²) in [6.07, 6.45) is 7.15. The third-order valence-electron chi connectivity index (χ3n) is 2.54. The van der Waals surface area contributed by atoms with E-state index in [1.165, 1.54) is 5.57 Å². The summed E-state index contributed by atoms with van der Waals surface area (Å²) in [6, 6.07) is 0. The SMILES string of the molecule is CC1=C(C)C(OC(C)(C)CO)=CCC=C1. The lowest BCUT2D eigenvalue weighted by Gasteiger charge is -2.26. The van der Waals surface area contributed by atoms with Gasteiger partial charge in [-0.25, -0.2) is 0 Å². The summed E-state index contributed by atoms with van der Waals surface area (Å²) in [5.41, 5.74) is 1.84. The molecule has 0 radical (unpaired) electrons. The lowest BCUT2D eigenvalue weighted by atomic mass is 10.1. The Labute approximate surface area is 92.0 Å². The van der Waals surface area contributed by atoms with Crippen LogP contribution in [-0.2, 0) is 4.74 Å². The highest BCUT2D eigenvalue weighted by Gasteiger charge is 2.20. The molecule has 0 saturated heterocycles. The third kappa shape index (κ3) is 3.24. The summed E-state index contributed by atoms with van der Waals surface area (Å²) in [7, 11) is 0. The molecule has 0 aromatic rings. The van der Waals surface area contributed by atoms with Gasteiger partial charge in [-0.2, -0.15) is 0 Å². The van der Waals surface area contributed by atoms with Crippen LogP contribution in [-0.4, -0.2) is 17.3 Å². The molecule has 15 heavy (non-hydrogen) atoms. The fourth-order valence-corrected chi connectivity index (χ4v) is 1.34. The van der Waals surface area contributed by atoms with Gasteiger partial charge in [0.1, 0.15) is 11.4 Å². The zero-order chi connectivity index (χ0) is 11.5. The van der Waals surface area contributed by atoms with Crippen LogP contribution in [0.4, 0.5) is 0 Å². The second-order valence-corrected chi connectivity index (χ2v) is 4.53. The zero-order valence-corrected chi connectivity index (χ0v) is 10.0. The first-order valence-electron chi connectivity index (χ1n) is 5.31. The molecule has 0 atom stereocenters. The van der Waals surface area contributed by atoms with E-state index in [0.717, 1.165) is 17.8 Å². The molecule has 1 aliphatic rings. The predicted octanol–water partition coefficient (Wildman–Crippen LogP) is 2.95. The summed E-state index contributed by atoms with van der Waals surface area (Å²) in [5.74, 6) is 0.886. The van der Waals surface area contributed by atoms with Gasteiger partial charge in [-0.05, 0) is 51.3 Å². The maximum absolute atomic E-state index is 9.16. The van der Waals surface area contributed by atoms with Gasteiger partial charge in [0, 0.05) is 0 Å². The normalized spacial score (nSPS) is 17.5. The molecule has 84 valence electrons. The van der Waals surface area contributed by atoms with Crippen LogP contribution >= 0.6 is 0 Å². The number of aliphatic hydroxyl groups excluding tert-OH is 1. The molecule has 1 rings (SSSR count). The Morgan fingerprint density at radius 1 is 1.40 bits per heavy atom. The quantitative estimate of drug-likeness (QED) is 0.772. The van der Waals surface area contributed by atoms with Crippen molar-refractivity contribution >= 4 is 0 Å². The van der Waals surface area contributed by atoms with Gasteiger partial charge in [0.05, 0.1) is 6.61 Å². The smallest absolute Gasteiger partial charge is 0.126 e. The Balaban J connectivity index is 2.87. The second kappa shape index (κ2) is 4.67. The molecule has 2 nitrogen and oxygen atoms in total. The fraction of sp³-hybridized carbons (Fsp3) is 0.538. The average molecular weight is 208 g/mol. The fourth-order valence-electron chi connectivity index (χ4n) is 1.34. The first kappa shape index (κ1) is 12.1. The summed E-state index contributed by atoms with van der Waals surface area (Å²) < 4.78 is 5.80. The van der Waals surface area contributed by atoms with Crippen LogP contribution in [0.5, 0.6) is 0 Å². The number of allylic oxidation sites excluding steroid dienone is 5. The summed E-state index contributed by atoms with van der Waals surface area (Å²) in [4.78, 5) is 0. The maximum atomic E-state index is 9.16. The van der Waals surface area contributed by atoms with Crippen molar-refractivity contribution in [3.8, 4) is 0 Å². The van der Waals surface area contributed by atoms with Crippen molar-refractivity contribution in [3.05, 3.63) is 35.1 Å². The van der Waals surface area contributed by atoms with Gasteiger partial charge in [0.25, 0.3) is 0 Å². The molecule has 1 aliphatic carbocycles. The minimum atomic E-state index is -0.516. The van der Waals surface area contributed by atoms with Gasteiger partial charge in [-0.15, -0.1) is 0 Å². The van der Waals surface area contributed by atoms with E-state index >= 15 is 0 Å². The van der Waals surface area contributed by atoms with Crippen LogP contribution in [0.2, 0.25) is 0 Å². The lowest BCUT2D eigenvalue weighted by Crippen LogP contribution is -2.28. The summed E-state index contributed by atoms with van der Waals surface area (Å²) >= 11 is 0. The van der Waals surface area contributed by atoms with Crippen molar-refractivity contribution in [2.75, 3.05) is 6.61 Å². The molecule has 2 heteroatoms. The molecule has 0 saturated carbocycles. The number of hydrogen-bond donors (Lipinski definition) is 1. The first-order valence-corrected chi connectivity index (χ1v) is 5.31. The molecule has 0 aliphatic heterocycles. The van der Waals surface area contributed by atoms with Gasteiger partial charge >= 0.3 is 0 Å². The standard InChI is InChI=1S/C13H20O2/c1-10-7-5-6-8-12(11(10)2)15-13(3,4)9-14/h5,7-8,14H,6,9H2,1-4H3. The highest BCUT2D eigenvalue weighted by molar-refractivity contribution is 5.37. The van der Waals surface area contributed by atoms with Crippen molar-refractivity contribution < 1.29 is 9.84 Å². The van der Waals surface area contributed by atoms with E-state index in [9.17, 15) is 0 Å². The molecule has 0 aromatic carbocycles. The average Bonchev–Trinajstić information content (AvgIpc) is 2.33. The number of aliphatic hydroxyl groups is 1. The van der Waals surface area contributed by atoms with E-state index in [2.05, 4.69) is 25.2 Å². The van der Waals surface area contributed by atoms with Gasteiger partial charge < -0.3 is 9.84 Å². The van der Waals surface area contributed by atoms with Gasteiger partial charge in [0.2, 0.25) is 0 Å². The lowest BCUT2D eigenvalue weighted by molar-refractivity contribution is -0.00977. The molecular weight excluding hydrogens is 188 g/mol. The maximum Gasteiger partial charge on any atom is 0.126 e. The largest absolute Gasteiger partial charge is 0.486 e. The minimum Gasteiger partial charge on any atom is -0.486 e. The van der Waals surface area contributed by atoms with Crippen LogP contribution in [0, 0.1) is 0 Å². The highest BCUT2D eigenvalue weighted by atomic mass is 16.5. The van der Waals surface area contributed by atoms with Crippen LogP contribution in [0.25, 0.3) is 0 Å². The highest BCUT2D eigenvalue weighted by Crippen LogP contribution is 2.25. The first-order chi connectivity index (χ1) is 6.96. The predicted molar refractivity (Wildman–Crippen MR) is 62.5 cm³/mol. The van der Waals surface area contributed by atoms with Crippen molar-refractivity contribution in [2.24, 2.45) is 0 Å². The number of ether oxygens (including phenoxy) is 1. The van der Waals surface area contributed by atoms with Crippen LogP contribution in [0.1, 0.15) is 34.1 Å². The Morgan fingerprint density at radius 2 is 2.07 bits per heavy atom. The van der Waals surface area contributed by atoms with E-state index < -0.39 is 5.60 Å². The van der Waals surface area contributed by atoms with Crippen molar-refractivity contribution in [3.63, 3.8) is 0 Å². The van der Waals surface area contributed by atoms with Gasteiger partial charge in [-0.3, -0.25) is 0 Å². The van der Waals surface area contributed by atoms with E-state index in [1.807, 2.05) is 20.8 Å². The van der Waals surface area contributed by atoms with E-state index in [4.69, 9.17) is 9.84 Å². The molecule has 0 bridgehead atoms. The molecule has 0 aromatic heterocycles. The number of rotatable bonds is 3. The molecule has 0 amide bonds. The Bertz CT molecular complexity index is 319. The van der Waals surface area contributed by atoms with E-state index in [0.29, 0.717) is 0 Å². The van der Waals surface area contributed by atoms with Crippen molar-refractivity contribution in [1.29, 1.82) is 0 Å². The van der Waals surface area contributed by atoms with E-state index in [1.54, 1.807) is 0 Å². The molecule has 0 spiro atoms. The Hall–Kier alpha value is -1.02. The molecule has 0 heterocycles. The number of hydrogen-bond acceptors (Lipinski definition) is 2. The zero-order valence-electron chi connectivity index (χ0n) is 10.0. The molecular formula is C13H20O2. The summed E-state index contributed by atoms with van der Waals surface area (Å²) in [5, 5.41) is 9.16.